The molecule has 0 amide bonds. The van der Waals surface area contributed by atoms with Crippen molar-refractivity contribution in [2.45, 2.75) is 18.9 Å². The van der Waals surface area contributed by atoms with Crippen molar-refractivity contribution >= 4 is 17.6 Å². The zero-order valence-electron chi connectivity index (χ0n) is 14.3. The van der Waals surface area contributed by atoms with Gasteiger partial charge in [0.05, 0.1) is 0 Å². The maximum atomic E-state index is 5.42. The van der Waals surface area contributed by atoms with Crippen LogP contribution in [0.3, 0.4) is 0 Å². The number of nitrogens with zero attached hydrogens (tertiary/aromatic N) is 4. The van der Waals surface area contributed by atoms with Gasteiger partial charge in [0.25, 0.3) is 0 Å². The Bertz CT molecular complexity index is 837. The summed E-state index contributed by atoms with van der Waals surface area (Å²) < 4.78 is 5.42. The molecule has 2 aromatic heterocycles. The largest absolute Gasteiger partial charge is 0.381 e. The van der Waals surface area contributed by atoms with E-state index < -0.39 is 0 Å². The summed E-state index contributed by atoms with van der Waals surface area (Å²) >= 11 is 0. The number of ether oxygens (including phenoxy) is 1. The monoisotopic (exact) mass is 348 g/mol. The van der Waals surface area contributed by atoms with Crippen LogP contribution in [0.15, 0.2) is 54.9 Å². The second-order valence-electron chi connectivity index (χ2n) is 6.06. The molecule has 0 bridgehead atoms. The zero-order chi connectivity index (χ0) is 17.6. The maximum Gasteiger partial charge on any atom is 0.232 e. The minimum absolute atomic E-state index is 0.309. The smallest absolute Gasteiger partial charge is 0.232 e. The summed E-state index contributed by atoms with van der Waals surface area (Å²) in [4.78, 5) is 17.8. The Morgan fingerprint density at radius 3 is 2.35 bits per heavy atom. The molecule has 7 heteroatoms. The highest BCUT2D eigenvalue weighted by Gasteiger charge is 2.16. The van der Waals surface area contributed by atoms with E-state index in [1.165, 1.54) is 0 Å². The van der Waals surface area contributed by atoms with Crippen molar-refractivity contribution in [1.29, 1.82) is 0 Å². The van der Waals surface area contributed by atoms with Crippen LogP contribution in [0.4, 0.5) is 17.6 Å². The lowest BCUT2D eigenvalue weighted by Crippen LogP contribution is -2.28. The van der Waals surface area contributed by atoms with Gasteiger partial charge in [-0.2, -0.15) is 15.0 Å². The number of rotatable bonds is 5. The van der Waals surface area contributed by atoms with Gasteiger partial charge in [0.1, 0.15) is 0 Å². The first-order valence-corrected chi connectivity index (χ1v) is 8.70. The third-order valence-electron chi connectivity index (χ3n) is 4.16. The molecule has 1 aliphatic rings. The van der Waals surface area contributed by atoms with Crippen molar-refractivity contribution in [2.24, 2.45) is 0 Å². The Balaban J connectivity index is 1.64. The number of hydrogen-bond acceptors (Lipinski definition) is 7. The van der Waals surface area contributed by atoms with E-state index in [2.05, 4.69) is 30.6 Å². The fourth-order valence-corrected chi connectivity index (χ4v) is 2.80. The van der Waals surface area contributed by atoms with Gasteiger partial charge >= 0.3 is 0 Å². The van der Waals surface area contributed by atoms with Crippen LogP contribution in [0, 0.1) is 0 Å². The Morgan fingerprint density at radius 1 is 0.846 bits per heavy atom. The molecular weight excluding hydrogens is 328 g/mol. The highest BCUT2D eigenvalue weighted by atomic mass is 16.5. The normalized spacial score (nSPS) is 14.8. The zero-order valence-corrected chi connectivity index (χ0v) is 14.3. The topological polar surface area (TPSA) is 84.9 Å². The first-order chi connectivity index (χ1) is 12.9. The van der Waals surface area contributed by atoms with Crippen molar-refractivity contribution in [1.82, 2.24) is 19.9 Å². The molecule has 1 saturated heterocycles. The average Bonchev–Trinajstić information content (AvgIpc) is 2.70. The van der Waals surface area contributed by atoms with E-state index in [0.29, 0.717) is 23.8 Å². The third kappa shape index (κ3) is 4.12. The van der Waals surface area contributed by atoms with E-state index in [1.54, 1.807) is 12.4 Å². The van der Waals surface area contributed by atoms with Crippen LogP contribution >= 0.6 is 0 Å². The summed E-state index contributed by atoms with van der Waals surface area (Å²) in [7, 11) is 0. The minimum Gasteiger partial charge on any atom is -0.381 e. The van der Waals surface area contributed by atoms with Gasteiger partial charge in [-0.1, -0.05) is 30.3 Å². The van der Waals surface area contributed by atoms with Crippen LogP contribution in [0.5, 0.6) is 0 Å². The lowest BCUT2D eigenvalue weighted by atomic mass is 10.1. The van der Waals surface area contributed by atoms with Gasteiger partial charge in [-0.15, -0.1) is 0 Å². The van der Waals surface area contributed by atoms with Gasteiger partial charge in [-0.25, -0.2) is 0 Å². The Labute approximate surface area is 151 Å². The number of anilines is 3. The van der Waals surface area contributed by atoms with E-state index >= 15 is 0 Å². The van der Waals surface area contributed by atoms with E-state index in [-0.39, 0.29) is 0 Å². The molecule has 0 radical (unpaired) electrons. The summed E-state index contributed by atoms with van der Waals surface area (Å²) in [5.41, 5.74) is 1.82. The first kappa shape index (κ1) is 16.4. The molecule has 1 aromatic carbocycles. The fourth-order valence-electron chi connectivity index (χ4n) is 2.80. The molecular formula is C19H20N6O. The van der Waals surface area contributed by atoms with Gasteiger partial charge in [-0.05, 0) is 25.0 Å². The SMILES string of the molecule is c1ccc(-c2nc(Nc3ccncc3)nc(NC3CCOCC3)n2)cc1. The van der Waals surface area contributed by atoms with E-state index in [4.69, 9.17) is 4.74 Å². The third-order valence-corrected chi connectivity index (χ3v) is 4.16. The predicted molar refractivity (Wildman–Crippen MR) is 100 cm³/mol. The van der Waals surface area contributed by atoms with Crippen molar-refractivity contribution in [3.63, 3.8) is 0 Å². The van der Waals surface area contributed by atoms with Gasteiger partial charge in [-0.3, -0.25) is 4.98 Å². The summed E-state index contributed by atoms with van der Waals surface area (Å²) in [6.45, 7) is 1.52. The number of hydrogen-bond donors (Lipinski definition) is 2. The Hall–Kier alpha value is -3.06. The van der Waals surface area contributed by atoms with E-state index in [1.807, 2.05) is 42.5 Å². The minimum atomic E-state index is 0.309. The van der Waals surface area contributed by atoms with Gasteiger partial charge in [0, 0.05) is 42.9 Å². The molecule has 26 heavy (non-hydrogen) atoms. The molecule has 0 unspecified atom stereocenters. The average molecular weight is 348 g/mol. The predicted octanol–water partition coefficient (Wildman–Crippen LogP) is 3.27. The first-order valence-electron chi connectivity index (χ1n) is 8.70. The lowest BCUT2D eigenvalue weighted by Gasteiger charge is -2.23. The van der Waals surface area contributed by atoms with Crippen LogP contribution in [-0.2, 0) is 4.74 Å². The fraction of sp³-hybridized carbons (Fsp3) is 0.263. The number of nitrogens with one attached hydrogen (secondary N) is 2. The summed E-state index contributed by atoms with van der Waals surface area (Å²) in [6, 6.07) is 14.0. The van der Waals surface area contributed by atoms with Gasteiger partial charge < -0.3 is 15.4 Å². The molecule has 0 spiro atoms. The molecule has 1 aliphatic heterocycles. The molecule has 2 N–H and O–H groups in total. The van der Waals surface area contributed by atoms with Crippen LogP contribution in [0.2, 0.25) is 0 Å². The standard InChI is InChI=1S/C19H20N6O/c1-2-4-14(5-3-1)17-23-18(21-15-6-10-20-11-7-15)25-19(24-17)22-16-8-12-26-13-9-16/h1-7,10-11,16H,8-9,12-13H2,(H2,20,21,22,23,24,25). The maximum absolute atomic E-state index is 5.42. The van der Waals surface area contributed by atoms with Crippen LogP contribution in [0.1, 0.15) is 12.8 Å². The van der Waals surface area contributed by atoms with Crippen molar-refractivity contribution in [3.05, 3.63) is 54.9 Å². The molecule has 0 saturated carbocycles. The summed E-state index contributed by atoms with van der Waals surface area (Å²) in [5.74, 6) is 1.70. The van der Waals surface area contributed by atoms with Crippen LogP contribution in [0.25, 0.3) is 11.4 Å². The number of pyridine rings is 1. The van der Waals surface area contributed by atoms with E-state index in [9.17, 15) is 0 Å². The molecule has 3 heterocycles. The number of aromatic nitrogens is 4. The lowest BCUT2D eigenvalue weighted by molar-refractivity contribution is 0.0903. The van der Waals surface area contributed by atoms with E-state index in [0.717, 1.165) is 37.3 Å². The molecule has 3 aromatic rings. The van der Waals surface area contributed by atoms with Crippen molar-refractivity contribution < 1.29 is 4.74 Å². The van der Waals surface area contributed by atoms with Gasteiger partial charge in [0.15, 0.2) is 5.82 Å². The molecule has 1 fully saturated rings. The summed E-state index contributed by atoms with van der Waals surface area (Å²) in [6.07, 6.45) is 5.34. The Morgan fingerprint density at radius 2 is 1.58 bits per heavy atom. The highest BCUT2D eigenvalue weighted by Crippen LogP contribution is 2.21. The van der Waals surface area contributed by atoms with Crippen molar-refractivity contribution in [2.75, 3.05) is 23.8 Å². The Kier molecular flexibility index (Phi) is 4.97. The molecule has 4 rings (SSSR count). The van der Waals surface area contributed by atoms with Crippen LogP contribution in [-0.4, -0.2) is 39.2 Å². The molecule has 7 nitrogen and oxygen atoms in total. The second-order valence-corrected chi connectivity index (χ2v) is 6.06. The quantitative estimate of drug-likeness (QED) is 0.732. The number of benzene rings is 1. The highest BCUT2D eigenvalue weighted by molar-refractivity contribution is 5.60. The molecule has 0 aliphatic carbocycles. The van der Waals surface area contributed by atoms with Crippen molar-refractivity contribution in [3.8, 4) is 11.4 Å². The second kappa shape index (κ2) is 7.88. The summed E-state index contributed by atoms with van der Waals surface area (Å²) in [5, 5.41) is 6.65. The molecule has 132 valence electrons. The molecule has 0 atom stereocenters. The van der Waals surface area contributed by atoms with Crippen LogP contribution < -0.4 is 10.6 Å². The van der Waals surface area contributed by atoms with Gasteiger partial charge in [0.2, 0.25) is 11.9 Å².